The Balaban J connectivity index is 5.28. The van der Waals surface area contributed by atoms with Crippen molar-refractivity contribution in [3.8, 4) is 0 Å². The molecule has 0 saturated carbocycles. The van der Waals surface area contributed by atoms with E-state index in [1.807, 2.05) is 33.3 Å². The lowest BCUT2D eigenvalue weighted by atomic mass is 10.0. The largest absolute Gasteiger partial charge is 0.756 e. The molecule has 3 unspecified atom stereocenters. The molecule has 0 aromatic rings. The number of carbonyl (C=O) groups is 2. The number of phosphoric ester groups is 1. The summed E-state index contributed by atoms with van der Waals surface area (Å²) < 4.78 is 30.2. The molecule has 0 saturated heterocycles. The summed E-state index contributed by atoms with van der Waals surface area (Å²) in [6.45, 7) is 6.78. The average Bonchev–Trinajstić information content (AvgIpc) is 3.31. The lowest BCUT2D eigenvalue weighted by molar-refractivity contribution is -0.870. The number of hydrogen-bond donors (Lipinski definition) is 1. The van der Waals surface area contributed by atoms with Gasteiger partial charge in [0, 0.05) is 12.8 Å². The third-order valence-electron chi connectivity index (χ3n) is 12.5. The first-order chi connectivity index (χ1) is 33.4. The molecule has 0 fully saturated rings. The molecule has 402 valence electrons. The van der Waals surface area contributed by atoms with E-state index in [4.69, 9.17) is 13.8 Å². The number of rotatable bonds is 51. The number of hydrogen-bond acceptors (Lipinski definition) is 7. The van der Waals surface area contributed by atoms with E-state index in [0.717, 1.165) is 89.9 Å². The Kier molecular flexibility index (Phi) is 47.7. The predicted molar refractivity (Wildman–Crippen MR) is 293 cm³/mol. The van der Waals surface area contributed by atoms with Crippen LogP contribution in [-0.4, -0.2) is 69.4 Å². The van der Waals surface area contributed by atoms with Crippen LogP contribution in [-0.2, 0) is 27.9 Å². The molecule has 69 heavy (non-hydrogen) atoms. The number of amides is 1. The fraction of sp³-hybridized carbons (Fsp3) is 0.797. The van der Waals surface area contributed by atoms with Gasteiger partial charge in [0.05, 0.1) is 33.8 Å². The lowest BCUT2D eigenvalue weighted by Crippen LogP contribution is -2.47. The zero-order valence-electron chi connectivity index (χ0n) is 45.8. The number of allylic oxidation sites excluding steroid dienone is 9. The number of unbranched alkanes of at least 4 members (excludes halogenated alkanes) is 27. The third-order valence-corrected chi connectivity index (χ3v) is 13.4. The van der Waals surface area contributed by atoms with Crippen LogP contribution in [0.5, 0.6) is 0 Å². The molecule has 0 aliphatic heterocycles. The molecule has 0 aliphatic carbocycles. The van der Waals surface area contributed by atoms with Gasteiger partial charge in [0.15, 0.2) is 0 Å². The third kappa shape index (κ3) is 50.4. The number of nitrogens with one attached hydrogen (secondary N) is 1. The maximum absolute atomic E-state index is 13.4. The van der Waals surface area contributed by atoms with Crippen molar-refractivity contribution in [2.45, 2.75) is 264 Å². The minimum atomic E-state index is -4.69. The lowest BCUT2D eigenvalue weighted by Gasteiger charge is -2.30. The van der Waals surface area contributed by atoms with Crippen LogP contribution in [0.2, 0.25) is 0 Å². The van der Waals surface area contributed by atoms with Crippen molar-refractivity contribution >= 4 is 19.7 Å². The van der Waals surface area contributed by atoms with Crippen molar-refractivity contribution in [2.75, 3.05) is 40.9 Å². The van der Waals surface area contributed by atoms with Crippen molar-refractivity contribution in [3.63, 3.8) is 0 Å². The van der Waals surface area contributed by atoms with Crippen molar-refractivity contribution in [3.05, 3.63) is 60.8 Å². The van der Waals surface area contributed by atoms with Crippen LogP contribution in [0.1, 0.15) is 252 Å². The first kappa shape index (κ1) is 66.7. The van der Waals surface area contributed by atoms with Gasteiger partial charge in [-0.15, -0.1) is 0 Å². The monoisotopic (exact) mass is 989 g/mol. The minimum absolute atomic E-state index is 0.0260. The van der Waals surface area contributed by atoms with Crippen LogP contribution < -0.4 is 10.2 Å². The van der Waals surface area contributed by atoms with E-state index in [0.29, 0.717) is 23.9 Å². The summed E-state index contributed by atoms with van der Waals surface area (Å²) in [6.07, 6.45) is 60.4. The van der Waals surface area contributed by atoms with Gasteiger partial charge in [-0.1, -0.05) is 223 Å². The van der Waals surface area contributed by atoms with E-state index in [-0.39, 0.29) is 24.9 Å². The van der Waals surface area contributed by atoms with Gasteiger partial charge in [-0.25, -0.2) is 0 Å². The number of esters is 1. The molecule has 0 radical (unpaired) electrons. The molecule has 1 amide bonds. The molecule has 10 heteroatoms. The van der Waals surface area contributed by atoms with Gasteiger partial charge in [-0.3, -0.25) is 14.2 Å². The molecule has 0 aromatic carbocycles. The molecular weight excluding hydrogens is 880 g/mol. The van der Waals surface area contributed by atoms with E-state index in [1.54, 1.807) is 0 Å². The highest BCUT2D eigenvalue weighted by Gasteiger charge is 2.27. The molecule has 0 heterocycles. The first-order valence-corrected chi connectivity index (χ1v) is 30.1. The van der Waals surface area contributed by atoms with Gasteiger partial charge in [0.1, 0.15) is 19.3 Å². The van der Waals surface area contributed by atoms with Gasteiger partial charge in [0.2, 0.25) is 5.91 Å². The molecule has 9 nitrogen and oxygen atoms in total. The molecule has 3 atom stereocenters. The van der Waals surface area contributed by atoms with Crippen molar-refractivity contribution in [1.82, 2.24) is 5.32 Å². The molecule has 0 bridgehead atoms. The van der Waals surface area contributed by atoms with Gasteiger partial charge in [-0.05, 0) is 76.7 Å². The standard InChI is InChI=1S/C59H109N2O7P/c1-7-10-13-16-19-22-25-26-27-28-29-30-31-32-33-34-37-40-43-46-49-52-59(63)68-57(50-47-44-41-38-35-23-20-17-14-11-8-2)56(55-67-69(64,65)66-54-53-61(4,5)6)60-58(62)51-48-45-42-39-36-24-21-18-15-12-9-3/h19,22,26-27,29-30,32-33,47,50,56-57H,7-18,20-21,23-25,28,31,34-46,48-49,51-55H2,1-6H3,(H-,60,62,64,65)/b22-19-,27-26-,30-29-,33-32-,50-47+. The van der Waals surface area contributed by atoms with E-state index in [1.165, 1.54) is 122 Å². The van der Waals surface area contributed by atoms with E-state index in [2.05, 4.69) is 74.7 Å². The molecule has 0 aliphatic rings. The Morgan fingerprint density at radius 2 is 0.884 bits per heavy atom. The van der Waals surface area contributed by atoms with Crippen LogP contribution in [0.15, 0.2) is 60.8 Å². The van der Waals surface area contributed by atoms with Crippen molar-refractivity contribution in [1.29, 1.82) is 0 Å². The summed E-state index contributed by atoms with van der Waals surface area (Å²) >= 11 is 0. The Labute approximate surface area is 426 Å². The van der Waals surface area contributed by atoms with Crippen LogP contribution >= 0.6 is 7.82 Å². The Morgan fingerprint density at radius 1 is 0.507 bits per heavy atom. The number of quaternary nitrogens is 1. The molecule has 1 N–H and O–H groups in total. The van der Waals surface area contributed by atoms with Gasteiger partial charge in [0.25, 0.3) is 7.82 Å². The van der Waals surface area contributed by atoms with Gasteiger partial charge < -0.3 is 28.5 Å². The zero-order chi connectivity index (χ0) is 50.8. The van der Waals surface area contributed by atoms with Crippen molar-refractivity contribution < 1.29 is 37.3 Å². The molecule has 0 aromatic heterocycles. The fourth-order valence-electron chi connectivity index (χ4n) is 7.97. The molecular formula is C59H109N2O7P. The normalized spacial score (nSPS) is 14.2. The summed E-state index contributed by atoms with van der Waals surface area (Å²) in [5, 5.41) is 3.01. The maximum Gasteiger partial charge on any atom is 0.306 e. The molecule has 0 rings (SSSR count). The average molecular weight is 990 g/mol. The second-order valence-electron chi connectivity index (χ2n) is 20.4. The fourth-order valence-corrected chi connectivity index (χ4v) is 8.70. The summed E-state index contributed by atoms with van der Waals surface area (Å²) in [6, 6.07) is -0.893. The highest BCUT2D eigenvalue weighted by Crippen LogP contribution is 2.38. The van der Waals surface area contributed by atoms with Crippen LogP contribution in [0.4, 0.5) is 0 Å². The maximum atomic E-state index is 13.4. The Bertz CT molecular complexity index is 1370. The first-order valence-electron chi connectivity index (χ1n) is 28.6. The van der Waals surface area contributed by atoms with Gasteiger partial charge in [-0.2, -0.15) is 0 Å². The van der Waals surface area contributed by atoms with Crippen LogP contribution in [0.3, 0.4) is 0 Å². The smallest absolute Gasteiger partial charge is 0.306 e. The topological polar surface area (TPSA) is 114 Å². The summed E-state index contributed by atoms with van der Waals surface area (Å²) in [7, 11) is 1.17. The minimum Gasteiger partial charge on any atom is -0.756 e. The number of carbonyl (C=O) groups excluding carboxylic acids is 2. The summed E-state index contributed by atoms with van der Waals surface area (Å²) in [5.41, 5.74) is 0. The number of phosphoric acid groups is 1. The summed E-state index contributed by atoms with van der Waals surface area (Å²) in [5.74, 6) is -0.561. The Hall–Kier alpha value is -2.29. The van der Waals surface area contributed by atoms with Crippen LogP contribution in [0.25, 0.3) is 0 Å². The Morgan fingerprint density at radius 3 is 1.35 bits per heavy atom. The zero-order valence-corrected chi connectivity index (χ0v) is 46.7. The number of nitrogens with zero attached hydrogens (tertiary/aromatic N) is 1. The van der Waals surface area contributed by atoms with Crippen LogP contribution in [0, 0.1) is 0 Å². The van der Waals surface area contributed by atoms with E-state index in [9.17, 15) is 19.0 Å². The highest BCUT2D eigenvalue weighted by molar-refractivity contribution is 7.45. The SMILES string of the molecule is CCCCC/C=C\C/C=C\C/C=C\C/C=C\CCCCCCCC(=O)OC(/C=C/CCCCCCCCCCC)C(COP(=O)([O-])OCC[N+](C)(C)C)NC(=O)CCCCCCCCCCCCC. The number of ether oxygens (including phenoxy) is 1. The quantitative estimate of drug-likeness (QED) is 0.0212. The van der Waals surface area contributed by atoms with Crippen molar-refractivity contribution in [2.24, 2.45) is 0 Å². The predicted octanol–water partition coefficient (Wildman–Crippen LogP) is 16.5. The highest BCUT2D eigenvalue weighted by atomic mass is 31.2. The second-order valence-corrected chi connectivity index (χ2v) is 21.9. The molecule has 0 spiro atoms. The number of likely N-dealkylation sites (N-methyl/N-ethyl adjacent to an activating group) is 1. The summed E-state index contributed by atoms with van der Waals surface area (Å²) in [4.78, 5) is 39.7. The van der Waals surface area contributed by atoms with Gasteiger partial charge >= 0.3 is 5.97 Å². The van der Waals surface area contributed by atoms with E-state index >= 15 is 0 Å². The van der Waals surface area contributed by atoms with E-state index < -0.39 is 26.6 Å². The second kappa shape index (κ2) is 49.3.